The summed E-state index contributed by atoms with van der Waals surface area (Å²) in [5.41, 5.74) is 14.0. The van der Waals surface area contributed by atoms with Crippen molar-refractivity contribution in [3.8, 4) is 33.4 Å². The van der Waals surface area contributed by atoms with Crippen molar-refractivity contribution < 1.29 is 0 Å². The van der Waals surface area contributed by atoms with Crippen molar-refractivity contribution in [2.45, 2.75) is 19.3 Å². The van der Waals surface area contributed by atoms with E-state index in [0.29, 0.717) is 0 Å². The number of thiophene rings is 1. The molecule has 7 aromatic carbocycles. The smallest absolute Gasteiger partial charge is 0.0476 e. The number of benzene rings is 7. The van der Waals surface area contributed by atoms with Gasteiger partial charge in [0.25, 0.3) is 0 Å². The highest BCUT2D eigenvalue weighted by atomic mass is 32.1. The third kappa shape index (κ3) is 4.44. The molecule has 2 heteroatoms. The van der Waals surface area contributed by atoms with Crippen LogP contribution in [0.4, 0.5) is 17.1 Å². The maximum Gasteiger partial charge on any atom is 0.0476 e. The number of hydrogen-bond donors (Lipinski definition) is 0. The average Bonchev–Trinajstić information content (AvgIpc) is 3.60. The van der Waals surface area contributed by atoms with E-state index in [9.17, 15) is 0 Å². The fraction of sp³-hybridized carbons (Fsp3) is 0.0667. The number of para-hydroxylation sites is 1. The van der Waals surface area contributed by atoms with Crippen molar-refractivity contribution in [3.63, 3.8) is 0 Å². The van der Waals surface area contributed by atoms with Crippen molar-refractivity contribution in [2.75, 3.05) is 4.90 Å². The molecule has 0 saturated heterocycles. The summed E-state index contributed by atoms with van der Waals surface area (Å²) in [5, 5.41) is 2.66. The Morgan fingerprint density at radius 3 is 1.74 bits per heavy atom. The lowest BCUT2D eigenvalue weighted by molar-refractivity contribution is 0.661. The van der Waals surface area contributed by atoms with Gasteiger partial charge in [-0.1, -0.05) is 135 Å². The molecular weight excluding hydrogens is 587 g/mol. The van der Waals surface area contributed by atoms with Gasteiger partial charge in [-0.25, -0.2) is 0 Å². The van der Waals surface area contributed by atoms with Gasteiger partial charge in [-0.15, -0.1) is 11.3 Å². The van der Waals surface area contributed by atoms with E-state index in [1.165, 1.54) is 64.7 Å². The molecule has 47 heavy (non-hydrogen) atoms. The molecule has 224 valence electrons. The van der Waals surface area contributed by atoms with Gasteiger partial charge in [0.15, 0.2) is 0 Å². The van der Waals surface area contributed by atoms with E-state index in [1.54, 1.807) is 0 Å². The largest absolute Gasteiger partial charge is 0.310 e. The molecule has 0 radical (unpaired) electrons. The van der Waals surface area contributed by atoms with Gasteiger partial charge < -0.3 is 4.90 Å². The zero-order valence-electron chi connectivity index (χ0n) is 26.4. The molecule has 1 heterocycles. The van der Waals surface area contributed by atoms with E-state index < -0.39 is 0 Å². The second-order valence-electron chi connectivity index (χ2n) is 13.0. The number of hydrogen-bond acceptors (Lipinski definition) is 2. The molecule has 0 bridgehead atoms. The molecule has 1 aliphatic carbocycles. The number of anilines is 3. The van der Waals surface area contributed by atoms with Crippen LogP contribution in [0.25, 0.3) is 53.6 Å². The van der Waals surface area contributed by atoms with Gasteiger partial charge >= 0.3 is 0 Å². The Morgan fingerprint density at radius 2 is 1.02 bits per heavy atom. The quantitative estimate of drug-likeness (QED) is 0.185. The summed E-state index contributed by atoms with van der Waals surface area (Å²) in [7, 11) is 0. The molecule has 0 aliphatic heterocycles. The van der Waals surface area contributed by atoms with Gasteiger partial charge in [0.1, 0.15) is 0 Å². The van der Waals surface area contributed by atoms with Gasteiger partial charge in [0, 0.05) is 42.6 Å². The summed E-state index contributed by atoms with van der Waals surface area (Å²) in [4.78, 5) is 2.37. The molecular formula is C45H33NS. The summed E-state index contributed by atoms with van der Waals surface area (Å²) in [5.74, 6) is 0. The zero-order valence-corrected chi connectivity index (χ0v) is 27.3. The first-order valence-corrected chi connectivity index (χ1v) is 17.1. The molecule has 0 atom stereocenters. The first-order chi connectivity index (χ1) is 23.1. The van der Waals surface area contributed by atoms with Crippen molar-refractivity contribution in [1.82, 2.24) is 0 Å². The zero-order chi connectivity index (χ0) is 31.5. The summed E-state index contributed by atoms with van der Waals surface area (Å²) >= 11 is 1.91. The molecule has 0 saturated carbocycles. The highest BCUT2D eigenvalue weighted by Gasteiger charge is 2.38. The SMILES string of the molecule is CC1(C)c2ccccc2-c2c1cc1sc3cc(N(c4ccccc4)c4ccc(-c5ccccc5)cc4)ccc3c1c2-c1ccccc1. The van der Waals surface area contributed by atoms with Crippen LogP contribution in [0.3, 0.4) is 0 Å². The lowest BCUT2D eigenvalue weighted by Crippen LogP contribution is -2.14. The normalized spacial score (nSPS) is 13.1. The van der Waals surface area contributed by atoms with Gasteiger partial charge in [-0.3, -0.25) is 0 Å². The Balaban J connectivity index is 1.26. The van der Waals surface area contributed by atoms with E-state index in [2.05, 4.69) is 183 Å². The standard InChI is InChI=1S/C45H33NS/c1-45(2)38-21-13-12-20-36(38)43-39(45)29-41-44(42(43)32-16-8-4-9-17-32)37-27-26-35(28-40(37)47-41)46(33-18-10-5-11-19-33)34-24-22-31(23-25-34)30-14-6-3-7-15-30/h3-29H,1-2H3. The molecule has 1 aliphatic rings. The van der Waals surface area contributed by atoms with Gasteiger partial charge in [0.05, 0.1) is 0 Å². The molecule has 0 N–H and O–H groups in total. The fourth-order valence-corrected chi connectivity index (χ4v) is 8.77. The van der Waals surface area contributed by atoms with Crippen LogP contribution in [-0.4, -0.2) is 0 Å². The lowest BCUT2D eigenvalue weighted by atomic mass is 9.81. The number of fused-ring (bicyclic) bond motifs is 6. The molecule has 0 spiro atoms. The molecule has 9 rings (SSSR count). The molecule has 0 unspecified atom stereocenters. The summed E-state index contributed by atoms with van der Waals surface area (Å²) in [6, 6.07) is 59.7. The van der Waals surface area contributed by atoms with Crippen molar-refractivity contribution in [2.24, 2.45) is 0 Å². The van der Waals surface area contributed by atoms with Crippen LogP contribution >= 0.6 is 11.3 Å². The Bertz CT molecular complexity index is 2400. The van der Waals surface area contributed by atoms with Crippen LogP contribution < -0.4 is 4.90 Å². The summed E-state index contributed by atoms with van der Waals surface area (Å²) in [6.07, 6.45) is 0. The van der Waals surface area contributed by atoms with Crippen LogP contribution in [0.5, 0.6) is 0 Å². The van der Waals surface area contributed by atoms with Crippen LogP contribution in [0.15, 0.2) is 164 Å². The summed E-state index contributed by atoms with van der Waals surface area (Å²) in [6.45, 7) is 4.76. The van der Waals surface area contributed by atoms with Crippen LogP contribution in [0, 0.1) is 0 Å². The van der Waals surface area contributed by atoms with Crippen LogP contribution in [0.2, 0.25) is 0 Å². The predicted octanol–water partition coefficient (Wildman–Crippen LogP) is 13.2. The third-order valence-corrected chi connectivity index (χ3v) is 11.0. The maximum absolute atomic E-state index is 2.48. The van der Waals surface area contributed by atoms with E-state index in [0.717, 1.165) is 17.1 Å². The molecule has 1 nitrogen and oxygen atoms in total. The fourth-order valence-electron chi connectivity index (χ4n) is 7.58. The van der Waals surface area contributed by atoms with Gasteiger partial charge in [0.2, 0.25) is 0 Å². The van der Waals surface area contributed by atoms with E-state index in [-0.39, 0.29) is 5.41 Å². The van der Waals surface area contributed by atoms with Crippen molar-refractivity contribution >= 4 is 48.6 Å². The second kappa shape index (κ2) is 10.8. The number of nitrogens with zero attached hydrogens (tertiary/aromatic N) is 1. The molecule has 8 aromatic rings. The van der Waals surface area contributed by atoms with Crippen LogP contribution in [0.1, 0.15) is 25.0 Å². The monoisotopic (exact) mass is 619 g/mol. The molecule has 0 fully saturated rings. The Kier molecular flexibility index (Phi) is 6.41. The maximum atomic E-state index is 2.48. The Hall–Kier alpha value is -5.44. The van der Waals surface area contributed by atoms with Crippen molar-refractivity contribution in [1.29, 1.82) is 0 Å². The van der Waals surface area contributed by atoms with Gasteiger partial charge in [-0.05, 0) is 87.0 Å². The Morgan fingerprint density at radius 1 is 0.447 bits per heavy atom. The topological polar surface area (TPSA) is 3.24 Å². The lowest BCUT2D eigenvalue weighted by Gasteiger charge is -2.25. The van der Waals surface area contributed by atoms with E-state index in [1.807, 2.05) is 11.3 Å². The predicted molar refractivity (Wildman–Crippen MR) is 202 cm³/mol. The Labute approximate surface area is 280 Å². The van der Waals surface area contributed by atoms with E-state index in [4.69, 9.17) is 0 Å². The minimum Gasteiger partial charge on any atom is -0.310 e. The first kappa shape index (κ1) is 27.8. The van der Waals surface area contributed by atoms with E-state index >= 15 is 0 Å². The highest BCUT2D eigenvalue weighted by molar-refractivity contribution is 7.26. The molecule has 1 aromatic heterocycles. The van der Waals surface area contributed by atoms with Crippen molar-refractivity contribution in [3.05, 3.63) is 175 Å². The second-order valence-corrected chi connectivity index (χ2v) is 14.0. The van der Waals surface area contributed by atoms with Gasteiger partial charge in [-0.2, -0.15) is 0 Å². The highest BCUT2D eigenvalue weighted by Crippen LogP contribution is 2.56. The van der Waals surface area contributed by atoms with Crippen LogP contribution in [-0.2, 0) is 5.41 Å². The summed E-state index contributed by atoms with van der Waals surface area (Å²) < 4.78 is 2.64. The average molecular weight is 620 g/mol. The minimum atomic E-state index is -0.0684. The minimum absolute atomic E-state index is 0.0684. The third-order valence-electron chi connectivity index (χ3n) is 9.86. The number of rotatable bonds is 5. The molecule has 0 amide bonds. The first-order valence-electron chi connectivity index (χ1n) is 16.3.